The summed E-state index contributed by atoms with van der Waals surface area (Å²) in [6.45, 7) is 4.99. The molecule has 0 bridgehead atoms. The van der Waals surface area contributed by atoms with Gasteiger partial charge in [0.05, 0.1) is 4.88 Å². The van der Waals surface area contributed by atoms with Gasteiger partial charge in [-0.15, -0.1) is 11.3 Å². The number of fused-ring (bicyclic) bond motifs is 1. The lowest BCUT2D eigenvalue weighted by Crippen LogP contribution is -2.43. The summed E-state index contributed by atoms with van der Waals surface area (Å²) in [5.41, 5.74) is 0.358. The van der Waals surface area contributed by atoms with Crippen molar-refractivity contribution >= 4 is 33.2 Å². The first kappa shape index (κ1) is 14.2. The van der Waals surface area contributed by atoms with Crippen molar-refractivity contribution in [2.24, 2.45) is 0 Å². The normalized spacial score (nSPS) is 25.6. The van der Waals surface area contributed by atoms with Crippen LogP contribution in [0.3, 0.4) is 0 Å². The zero-order valence-electron chi connectivity index (χ0n) is 13.1. The molecule has 0 aromatic carbocycles. The molecule has 116 valence electrons. The van der Waals surface area contributed by atoms with Crippen LogP contribution in [0.2, 0.25) is 0 Å². The number of hydrogen-bond donors (Lipinski definition) is 0. The molecule has 4 rings (SSSR count). The second-order valence-electron chi connectivity index (χ2n) is 6.65. The lowest BCUT2D eigenvalue weighted by molar-refractivity contribution is 0.102. The van der Waals surface area contributed by atoms with Crippen LogP contribution in [-0.2, 0) is 0 Å². The lowest BCUT2D eigenvalue weighted by atomic mass is 9.96. The lowest BCUT2D eigenvalue weighted by Gasteiger charge is -2.32. The highest BCUT2D eigenvalue weighted by Gasteiger charge is 2.44. The molecule has 0 saturated carbocycles. The summed E-state index contributed by atoms with van der Waals surface area (Å²) in [6.07, 6.45) is 3.84. The Bertz CT molecular complexity index is 741. The van der Waals surface area contributed by atoms with E-state index in [9.17, 15) is 4.79 Å². The number of carbonyl (C=O) groups is 1. The van der Waals surface area contributed by atoms with Gasteiger partial charge in [0.1, 0.15) is 10.6 Å². The summed E-state index contributed by atoms with van der Waals surface area (Å²) in [4.78, 5) is 23.1. The molecule has 2 fully saturated rings. The van der Waals surface area contributed by atoms with E-state index in [-0.39, 0.29) is 5.78 Å². The van der Waals surface area contributed by atoms with Crippen molar-refractivity contribution in [2.45, 2.75) is 31.7 Å². The van der Waals surface area contributed by atoms with Gasteiger partial charge in [0.2, 0.25) is 0 Å². The molecule has 4 heterocycles. The molecule has 0 aliphatic carbocycles. The Labute approximate surface area is 134 Å². The summed E-state index contributed by atoms with van der Waals surface area (Å²) in [5, 5.41) is 1.07. The van der Waals surface area contributed by atoms with E-state index in [0.29, 0.717) is 5.54 Å². The van der Waals surface area contributed by atoms with Crippen LogP contribution < -0.4 is 4.90 Å². The third-order valence-electron chi connectivity index (χ3n) is 5.32. The van der Waals surface area contributed by atoms with Crippen molar-refractivity contribution in [3.05, 3.63) is 23.1 Å². The number of carbonyl (C=O) groups excluding carboxylic acids is 1. The van der Waals surface area contributed by atoms with Gasteiger partial charge in [-0.1, -0.05) is 0 Å². The first-order valence-electron chi connectivity index (χ1n) is 7.95. The molecule has 2 saturated heterocycles. The van der Waals surface area contributed by atoms with Crippen LogP contribution in [0.1, 0.15) is 35.9 Å². The summed E-state index contributed by atoms with van der Waals surface area (Å²) in [5.74, 6) is 1.18. The molecular formula is C17H21N3OS. The van der Waals surface area contributed by atoms with Crippen LogP contribution in [0, 0.1) is 0 Å². The Morgan fingerprint density at radius 3 is 2.91 bits per heavy atom. The van der Waals surface area contributed by atoms with Crippen molar-refractivity contribution in [2.75, 3.05) is 31.6 Å². The van der Waals surface area contributed by atoms with Crippen LogP contribution in [0.25, 0.3) is 10.2 Å². The molecule has 2 aliphatic heterocycles. The van der Waals surface area contributed by atoms with Crippen molar-refractivity contribution in [1.82, 2.24) is 9.88 Å². The summed E-state index contributed by atoms with van der Waals surface area (Å²) >= 11 is 1.50. The highest BCUT2D eigenvalue weighted by molar-refractivity contribution is 7.20. The fourth-order valence-electron chi connectivity index (χ4n) is 3.90. The van der Waals surface area contributed by atoms with E-state index in [4.69, 9.17) is 4.98 Å². The second kappa shape index (κ2) is 5.03. The average molecular weight is 315 g/mol. The SMILES string of the molecule is CC(=O)c1cc2ccc(N3CC[C@]4(CCCN4C)C3)nc2s1. The standard InChI is InChI=1S/C17H21N3OS/c1-12(21)14-10-13-4-5-15(18-16(13)22-14)20-9-7-17(11-20)6-3-8-19(17)2/h4-5,10H,3,6-9,11H2,1-2H3/t17-/m1/s1. The molecule has 5 heteroatoms. The zero-order valence-corrected chi connectivity index (χ0v) is 13.9. The van der Waals surface area contributed by atoms with E-state index in [1.54, 1.807) is 6.92 Å². The van der Waals surface area contributed by atoms with Gasteiger partial charge in [-0.3, -0.25) is 9.69 Å². The van der Waals surface area contributed by atoms with Gasteiger partial charge in [0.25, 0.3) is 0 Å². The number of likely N-dealkylation sites (N-methyl/N-ethyl adjacent to an activating group) is 1. The third-order valence-corrected chi connectivity index (χ3v) is 6.46. The van der Waals surface area contributed by atoms with E-state index in [1.165, 1.54) is 37.1 Å². The minimum Gasteiger partial charge on any atom is -0.355 e. The second-order valence-corrected chi connectivity index (χ2v) is 7.68. The number of likely N-dealkylation sites (tertiary alicyclic amines) is 1. The quantitative estimate of drug-likeness (QED) is 0.798. The van der Waals surface area contributed by atoms with Crippen LogP contribution in [0.15, 0.2) is 18.2 Å². The number of ketones is 1. The molecule has 2 aromatic heterocycles. The first-order chi connectivity index (χ1) is 10.6. The number of nitrogens with zero attached hydrogens (tertiary/aromatic N) is 3. The van der Waals surface area contributed by atoms with Crippen molar-refractivity contribution in [3.63, 3.8) is 0 Å². The van der Waals surface area contributed by atoms with Crippen LogP contribution >= 0.6 is 11.3 Å². The Balaban J connectivity index is 1.63. The molecule has 0 N–H and O–H groups in total. The Morgan fingerprint density at radius 1 is 1.32 bits per heavy atom. The van der Waals surface area contributed by atoms with E-state index in [2.05, 4.69) is 29.0 Å². The maximum Gasteiger partial charge on any atom is 0.169 e. The van der Waals surface area contributed by atoms with Gasteiger partial charge in [0, 0.05) is 24.0 Å². The van der Waals surface area contributed by atoms with Gasteiger partial charge >= 0.3 is 0 Å². The van der Waals surface area contributed by atoms with E-state index >= 15 is 0 Å². The van der Waals surface area contributed by atoms with Crippen molar-refractivity contribution < 1.29 is 4.79 Å². The number of pyridine rings is 1. The molecule has 4 nitrogen and oxygen atoms in total. The molecule has 0 radical (unpaired) electrons. The number of anilines is 1. The molecular weight excluding hydrogens is 294 g/mol. The van der Waals surface area contributed by atoms with Crippen LogP contribution in [-0.4, -0.2) is 47.9 Å². The predicted octanol–water partition coefficient (Wildman–Crippen LogP) is 3.17. The smallest absolute Gasteiger partial charge is 0.169 e. The van der Waals surface area contributed by atoms with E-state index in [0.717, 1.165) is 34.0 Å². The number of aromatic nitrogens is 1. The fraction of sp³-hybridized carbons (Fsp3) is 0.529. The Kier molecular flexibility index (Phi) is 3.24. The van der Waals surface area contributed by atoms with E-state index < -0.39 is 0 Å². The molecule has 1 atom stereocenters. The number of thiophene rings is 1. The van der Waals surface area contributed by atoms with Crippen molar-refractivity contribution in [1.29, 1.82) is 0 Å². The van der Waals surface area contributed by atoms with Gasteiger partial charge < -0.3 is 4.90 Å². The predicted molar refractivity (Wildman–Crippen MR) is 91.0 cm³/mol. The van der Waals surface area contributed by atoms with Gasteiger partial charge in [-0.2, -0.15) is 0 Å². The molecule has 1 spiro atoms. The minimum atomic E-state index is 0.122. The molecule has 22 heavy (non-hydrogen) atoms. The van der Waals surface area contributed by atoms with Gasteiger partial charge in [-0.25, -0.2) is 4.98 Å². The molecule has 2 aromatic rings. The minimum absolute atomic E-state index is 0.122. The Morgan fingerprint density at radius 2 is 2.18 bits per heavy atom. The molecule has 0 unspecified atom stereocenters. The molecule has 0 amide bonds. The number of Topliss-reactive ketones (excluding diaryl/α,β-unsaturated/α-hetero) is 1. The molecule has 2 aliphatic rings. The number of hydrogen-bond acceptors (Lipinski definition) is 5. The third kappa shape index (κ3) is 2.15. The summed E-state index contributed by atoms with van der Waals surface area (Å²) in [6, 6.07) is 6.16. The topological polar surface area (TPSA) is 36.4 Å². The van der Waals surface area contributed by atoms with E-state index in [1.807, 2.05) is 6.07 Å². The first-order valence-corrected chi connectivity index (χ1v) is 8.77. The van der Waals surface area contributed by atoms with Gasteiger partial charge in [-0.05, 0) is 58.0 Å². The highest BCUT2D eigenvalue weighted by Crippen LogP contribution is 2.38. The summed E-state index contributed by atoms with van der Waals surface area (Å²) in [7, 11) is 2.26. The van der Waals surface area contributed by atoms with Gasteiger partial charge in [0.15, 0.2) is 5.78 Å². The van der Waals surface area contributed by atoms with Crippen LogP contribution in [0.4, 0.5) is 5.82 Å². The van der Waals surface area contributed by atoms with Crippen molar-refractivity contribution in [3.8, 4) is 0 Å². The average Bonchev–Trinajstić information content (AvgIpc) is 3.19. The number of rotatable bonds is 2. The Hall–Kier alpha value is -1.46. The maximum atomic E-state index is 11.5. The summed E-state index contributed by atoms with van der Waals surface area (Å²) < 4.78 is 0. The zero-order chi connectivity index (χ0) is 15.3. The monoisotopic (exact) mass is 315 g/mol. The highest BCUT2D eigenvalue weighted by atomic mass is 32.1. The largest absolute Gasteiger partial charge is 0.355 e. The maximum absolute atomic E-state index is 11.5. The van der Waals surface area contributed by atoms with Crippen LogP contribution in [0.5, 0.6) is 0 Å². The fourth-order valence-corrected chi connectivity index (χ4v) is 4.82.